The number of likely N-dealkylation sites (tertiary alicyclic amines) is 1. The smallest absolute Gasteiger partial charge is 0.409 e. The van der Waals surface area contributed by atoms with Crippen LogP contribution in [0.15, 0.2) is 36.9 Å². The van der Waals surface area contributed by atoms with Crippen LogP contribution in [0.3, 0.4) is 0 Å². The summed E-state index contributed by atoms with van der Waals surface area (Å²) >= 11 is 0. The molecule has 8 heteroatoms. The van der Waals surface area contributed by atoms with Crippen molar-refractivity contribution in [1.29, 1.82) is 0 Å². The number of piperidine rings is 1. The first-order valence-corrected chi connectivity index (χ1v) is 8.35. The SMILES string of the molecule is CCOC(=O)N1CCC(NC(=O)c2ccc(-n3cncn3)cc2)CC1. The van der Waals surface area contributed by atoms with Crippen molar-refractivity contribution in [3.8, 4) is 5.69 Å². The molecule has 0 radical (unpaired) electrons. The number of hydrogen-bond acceptors (Lipinski definition) is 5. The zero-order valence-corrected chi connectivity index (χ0v) is 14.1. The van der Waals surface area contributed by atoms with Gasteiger partial charge in [0, 0.05) is 24.7 Å². The van der Waals surface area contributed by atoms with E-state index in [1.807, 2.05) is 12.1 Å². The van der Waals surface area contributed by atoms with E-state index in [-0.39, 0.29) is 18.0 Å². The van der Waals surface area contributed by atoms with Gasteiger partial charge in [-0.25, -0.2) is 14.5 Å². The molecule has 1 aliphatic heterocycles. The minimum Gasteiger partial charge on any atom is -0.450 e. The van der Waals surface area contributed by atoms with Crippen molar-refractivity contribution < 1.29 is 14.3 Å². The van der Waals surface area contributed by atoms with Crippen molar-refractivity contribution in [2.24, 2.45) is 0 Å². The summed E-state index contributed by atoms with van der Waals surface area (Å²) in [7, 11) is 0. The Morgan fingerprint density at radius 3 is 2.56 bits per heavy atom. The van der Waals surface area contributed by atoms with Crippen LogP contribution >= 0.6 is 0 Å². The molecule has 8 nitrogen and oxygen atoms in total. The fourth-order valence-electron chi connectivity index (χ4n) is 2.80. The Labute approximate surface area is 145 Å². The van der Waals surface area contributed by atoms with Crippen molar-refractivity contribution in [3.05, 3.63) is 42.5 Å². The molecule has 0 bridgehead atoms. The summed E-state index contributed by atoms with van der Waals surface area (Å²) in [5, 5.41) is 7.08. The van der Waals surface area contributed by atoms with Crippen molar-refractivity contribution in [1.82, 2.24) is 25.0 Å². The number of amides is 2. The third kappa shape index (κ3) is 4.14. The number of carbonyl (C=O) groups excluding carboxylic acids is 2. The lowest BCUT2D eigenvalue weighted by molar-refractivity contribution is 0.0860. The highest BCUT2D eigenvalue weighted by atomic mass is 16.6. The molecule has 2 amide bonds. The van der Waals surface area contributed by atoms with Gasteiger partial charge in [0.15, 0.2) is 0 Å². The highest BCUT2D eigenvalue weighted by Crippen LogP contribution is 2.13. The van der Waals surface area contributed by atoms with Gasteiger partial charge in [0.05, 0.1) is 12.3 Å². The summed E-state index contributed by atoms with van der Waals surface area (Å²) in [6.07, 6.45) is 4.23. The molecule has 132 valence electrons. The van der Waals surface area contributed by atoms with Gasteiger partial charge in [0.1, 0.15) is 12.7 Å². The number of hydrogen-bond donors (Lipinski definition) is 1. The summed E-state index contributed by atoms with van der Waals surface area (Å²) in [6, 6.07) is 7.24. The van der Waals surface area contributed by atoms with E-state index in [1.54, 1.807) is 35.0 Å². The lowest BCUT2D eigenvalue weighted by Crippen LogP contribution is -2.46. The molecule has 1 N–H and O–H groups in total. The fourth-order valence-corrected chi connectivity index (χ4v) is 2.80. The maximum Gasteiger partial charge on any atom is 0.409 e. The van der Waals surface area contributed by atoms with Gasteiger partial charge in [0.2, 0.25) is 0 Å². The third-order valence-corrected chi connectivity index (χ3v) is 4.17. The van der Waals surface area contributed by atoms with Crippen LogP contribution in [0, 0.1) is 0 Å². The quantitative estimate of drug-likeness (QED) is 0.911. The van der Waals surface area contributed by atoms with Crippen LogP contribution in [0.25, 0.3) is 5.69 Å². The van der Waals surface area contributed by atoms with E-state index < -0.39 is 0 Å². The number of carbonyl (C=O) groups is 2. The number of nitrogens with zero attached hydrogens (tertiary/aromatic N) is 4. The van der Waals surface area contributed by atoms with Crippen LogP contribution in [0.1, 0.15) is 30.1 Å². The maximum absolute atomic E-state index is 12.4. The number of nitrogens with one attached hydrogen (secondary N) is 1. The second-order valence-corrected chi connectivity index (χ2v) is 5.82. The van der Waals surface area contributed by atoms with Gasteiger partial charge in [-0.05, 0) is 44.0 Å². The standard InChI is InChI=1S/C17H21N5O3/c1-2-25-17(24)21-9-7-14(8-10-21)20-16(23)13-3-5-15(6-4-13)22-12-18-11-19-22/h3-6,11-12,14H,2,7-10H2,1H3,(H,20,23). The van der Waals surface area contributed by atoms with E-state index in [1.165, 1.54) is 6.33 Å². The Balaban J connectivity index is 1.52. The van der Waals surface area contributed by atoms with Crippen molar-refractivity contribution in [3.63, 3.8) is 0 Å². The lowest BCUT2D eigenvalue weighted by atomic mass is 10.0. The molecular formula is C17H21N5O3. The average molecular weight is 343 g/mol. The van der Waals surface area contributed by atoms with E-state index in [4.69, 9.17) is 4.74 Å². The predicted molar refractivity (Wildman–Crippen MR) is 90.4 cm³/mol. The third-order valence-electron chi connectivity index (χ3n) is 4.17. The van der Waals surface area contributed by atoms with E-state index in [0.717, 1.165) is 18.5 Å². The van der Waals surface area contributed by atoms with E-state index >= 15 is 0 Å². The number of ether oxygens (including phenoxy) is 1. The molecule has 3 rings (SSSR count). The summed E-state index contributed by atoms with van der Waals surface area (Å²) in [5.41, 5.74) is 1.44. The van der Waals surface area contributed by atoms with E-state index in [9.17, 15) is 9.59 Å². The summed E-state index contributed by atoms with van der Waals surface area (Å²) in [5.74, 6) is -0.111. The molecule has 1 aromatic heterocycles. The highest BCUT2D eigenvalue weighted by molar-refractivity contribution is 5.94. The second kappa shape index (κ2) is 7.78. The molecule has 1 aliphatic rings. The molecular weight excluding hydrogens is 322 g/mol. The van der Waals surface area contributed by atoms with Crippen molar-refractivity contribution in [2.75, 3.05) is 19.7 Å². The molecule has 0 unspecified atom stereocenters. The van der Waals surface area contributed by atoms with Gasteiger partial charge < -0.3 is 15.0 Å². The molecule has 1 aromatic carbocycles. The summed E-state index contributed by atoms with van der Waals surface area (Å²) in [6.45, 7) is 3.35. The van der Waals surface area contributed by atoms with Gasteiger partial charge in [-0.3, -0.25) is 4.79 Å². The first-order chi connectivity index (χ1) is 12.2. The second-order valence-electron chi connectivity index (χ2n) is 5.82. The number of rotatable bonds is 4. The van der Waals surface area contributed by atoms with Gasteiger partial charge in [-0.1, -0.05) is 0 Å². The largest absolute Gasteiger partial charge is 0.450 e. The molecule has 0 aliphatic carbocycles. The molecule has 1 fully saturated rings. The monoisotopic (exact) mass is 343 g/mol. The van der Waals surface area contributed by atoms with Gasteiger partial charge in [-0.2, -0.15) is 5.10 Å². The molecule has 25 heavy (non-hydrogen) atoms. The molecule has 0 atom stereocenters. The number of benzene rings is 1. The van der Waals surface area contributed by atoms with Crippen LogP contribution in [-0.4, -0.2) is 57.4 Å². The van der Waals surface area contributed by atoms with Gasteiger partial charge in [0.25, 0.3) is 5.91 Å². The molecule has 0 spiro atoms. The Hall–Kier alpha value is -2.90. The van der Waals surface area contributed by atoms with E-state index in [2.05, 4.69) is 15.4 Å². The van der Waals surface area contributed by atoms with Crippen LogP contribution in [0.2, 0.25) is 0 Å². The van der Waals surface area contributed by atoms with Gasteiger partial charge >= 0.3 is 6.09 Å². The Morgan fingerprint density at radius 1 is 1.24 bits per heavy atom. The normalized spacial score (nSPS) is 15.0. The Morgan fingerprint density at radius 2 is 1.96 bits per heavy atom. The highest BCUT2D eigenvalue weighted by Gasteiger charge is 2.24. The van der Waals surface area contributed by atoms with Gasteiger partial charge in [-0.15, -0.1) is 0 Å². The predicted octanol–water partition coefficient (Wildman–Crippen LogP) is 1.62. The van der Waals surface area contributed by atoms with Crippen LogP contribution in [0.4, 0.5) is 4.79 Å². The van der Waals surface area contributed by atoms with Crippen molar-refractivity contribution >= 4 is 12.0 Å². The van der Waals surface area contributed by atoms with E-state index in [0.29, 0.717) is 25.3 Å². The zero-order chi connectivity index (χ0) is 17.6. The Kier molecular flexibility index (Phi) is 5.27. The Bertz CT molecular complexity index is 706. The lowest BCUT2D eigenvalue weighted by Gasteiger charge is -2.31. The molecule has 2 aromatic rings. The molecule has 2 heterocycles. The zero-order valence-electron chi connectivity index (χ0n) is 14.1. The average Bonchev–Trinajstić information content (AvgIpc) is 3.17. The van der Waals surface area contributed by atoms with Crippen molar-refractivity contribution in [2.45, 2.75) is 25.8 Å². The van der Waals surface area contributed by atoms with Crippen LogP contribution < -0.4 is 5.32 Å². The minimum absolute atomic E-state index is 0.0631. The number of aromatic nitrogens is 3. The molecule has 0 saturated carbocycles. The minimum atomic E-state index is -0.282. The first kappa shape index (κ1) is 16.9. The summed E-state index contributed by atoms with van der Waals surface area (Å²) < 4.78 is 6.63. The van der Waals surface area contributed by atoms with Crippen LogP contribution in [-0.2, 0) is 4.74 Å². The molecule has 1 saturated heterocycles. The van der Waals surface area contributed by atoms with Crippen LogP contribution in [0.5, 0.6) is 0 Å². The first-order valence-electron chi connectivity index (χ1n) is 8.35. The summed E-state index contributed by atoms with van der Waals surface area (Å²) in [4.78, 5) is 29.6. The topological polar surface area (TPSA) is 89.4 Å². The fraction of sp³-hybridized carbons (Fsp3) is 0.412. The maximum atomic E-state index is 12.4.